The van der Waals surface area contributed by atoms with E-state index in [1.54, 1.807) is 30.1 Å². The third-order valence-corrected chi connectivity index (χ3v) is 2.14. The van der Waals surface area contributed by atoms with Gasteiger partial charge in [0.25, 0.3) is 0 Å². The van der Waals surface area contributed by atoms with Gasteiger partial charge < -0.3 is 9.84 Å². The first-order valence-electron chi connectivity index (χ1n) is 4.96. The Bertz CT molecular complexity index is 519. The molecule has 0 amide bonds. The van der Waals surface area contributed by atoms with Crippen LogP contribution in [0.2, 0.25) is 0 Å². The molecule has 2 rings (SSSR count). The number of carboxylic acids is 1. The minimum Gasteiger partial charge on any atom is -0.487 e. The van der Waals surface area contributed by atoms with Gasteiger partial charge in [0.1, 0.15) is 18.1 Å². The number of benzene rings is 1. The van der Waals surface area contributed by atoms with E-state index in [9.17, 15) is 4.79 Å². The zero-order chi connectivity index (χ0) is 12.3. The van der Waals surface area contributed by atoms with Gasteiger partial charge in [0.05, 0.1) is 11.8 Å². The van der Waals surface area contributed by atoms with Crippen molar-refractivity contribution >= 4 is 5.97 Å². The molecule has 1 aromatic carbocycles. The molecule has 1 aromatic heterocycles. The number of aromatic nitrogens is 3. The molecule has 0 aliphatic heterocycles. The fraction of sp³-hybridized carbons (Fsp3) is 0.182. The number of hydrogen-bond acceptors (Lipinski definition) is 4. The summed E-state index contributed by atoms with van der Waals surface area (Å²) in [6, 6.07) is 6.21. The van der Waals surface area contributed by atoms with Crippen LogP contribution in [0.15, 0.2) is 30.5 Å². The van der Waals surface area contributed by atoms with Crippen LogP contribution in [0.5, 0.6) is 5.75 Å². The fourth-order valence-corrected chi connectivity index (χ4v) is 1.31. The summed E-state index contributed by atoms with van der Waals surface area (Å²) in [6.07, 6.45) is 1.76. The molecule has 1 heterocycles. The maximum atomic E-state index is 10.6. The maximum Gasteiger partial charge on any atom is 0.335 e. The molecule has 0 unspecified atom stereocenters. The lowest BCUT2D eigenvalue weighted by molar-refractivity contribution is 0.0697. The highest BCUT2D eigenvalue weighted by molar-refractivity contribution is 5.87. The lowest BCUT2D eigenvalue weighted by Gasteiger charge is -2.03. The first kappa shape index (κ1) is 11.1. The highest BCUT2D eigenvalue weighted by atomic mass is 16.5. The predicted octanol–water partition coefficient (Wildman–Crippen LogP) is 1.09. The normalized spacial score (nSPS) is 10.2. The van der Waals surface area contributed by atoms with E-state index in [2.05, 4.69) is 10.3 Å². The maximum absolute atomic E-state index is 10.6. The number of ether oxygens (including phenoxy) is 1. The van der Waals surface area contributed by atoms with E-state index in [0.717, 1.165) is 5.69 Å². The van der Waals surface area contributed by atoms with Crippen molar-refractivity contribution in [1.29, 1.82) is 0 Å². The molecule has 0 aliphatic carbocycles. The third kappa shape index (κ3) is 2.81. The Balaban J connectivity index is 1.97. The number of rotatable bonds is 4. The molecule has 1 N–H and O–H groups in total. The molecule has 0 bridgehead atoms. The smallest absolute Gasteiger partial charge is 0.335 e. The summed E-state index contributed by atoms with van der Waals surface area (Å²) in [5.41, 5.74) is 0.951. The molecule has 0 aliphatic rings. The van der Waals surface area contributed by atoms with Crippen molar-refractivity contribution in [3.63, 3.8) is 0 Å². The summed E-state index contributed by atoms with van der Waals surface area (Å²) in [5.74, 6) is -0.355. The molecule has 17 heavy (non-hydrogen) atoms. The summed E-state index contributed by atoms with van der Waals surface area (Å²) in [5, 5.41) is 16.4. The molecule has 0 saturated carbocycles. The lowest BCUT2D eigenvalue weighted by atomic mass is 10.2. The SMILES string of the molecule is Cn1cc(COc2ccc(C(=O)O)cc2)nn1. The lowest BCUT2D eigenvalue weighted by Crippen LogP contribution is -1.98. The average molecular weight is 233 g/mol. The van der Waals surface area contributed by atoms with Crippen LogP contribution in [-0.2, 0) is 13.7 Å². The van der Waals surface area contributed by atoms with Gasteiger partial charge in [-0.1, -0.05) is 5.21 Å². The van der Waals surface area contributed by atoms with Gasteiger partial charge in [-0.25, -0.2) is 4.79 Å². The Hall–Kier alpha value is -2.37. The average Bonchev–Trinajstić information content (AvgIpc) is 2.73. The molecular weight excluding hydrogens is 222 g/mol. The Morgan fingerprint density at radius 2 is 2.12 bits per heavy atom. The van der Waals surface area contributed by atoms with Crippen LogP contribution in [-0.4, -0.2) is 26.1 Å². The van der Waals surface area contributed by atoms with E-state index in [1.807, 2.05) is 0 Å². The van der Waals surface area contributed by atoms with Crippen LogP contribution in [0.25, 0.3) is 0 Å². The van der Waals surface area contributed by atoms with E-state index in [4.69, 9.17) is 9.84 Å². The largest absolute Gasteiger partial charge is 0.487 e. The monoisotopic (exact) mass is 233 g/mol. The summed E-state index contributed by atoms with van der Waals surface area (Å²) in [4.78, 5) is 10.6. The van der Waals surface area contributed by atoms with E-state index in [1.165, 1.54) is 12.1 Å². The Morgan fingerprint density at radius 3 is 2.65 bits per heavy atom. The Kier molecular flexibility index (Phi) is 3.04. The second kappa shape index (κ2) is 4.65. The molecule has 0 spiro atoms. The second-order valence-corrected chi connectivity index (χ2v) is 3.50. The molecule has 0 radical (unpaired) electrons. The van der Waals surface area contributed by atoms with Crippen LogP contribution in [0.4, 0.5) is 0 Å². The number of aryl methyl sites for hydroxylation is 1. The molecule has 0 saturated heterocycles. The zero-order valence-electron chi connectivity index (χ0n) is 9.20. The second-order valence-electron chi connectivity index (χ2n) is 3.50. The van der Waals surface area contributed by atoms with E-state index < -0.39 is 5.97 Å². The van der Waals surface area contributed by atoms with Gasteiger partial charge in [0.15, 0.2) is 0 Å². The summed E-state index contributed by atoms with van der Waals surface area (Å²) < 4.78 is 7.02. The van der Waals surface area contributed by atoms with Gasteiger partial charge >= 0.3 is 5.97 Å². The number of carboxylic acid groups (broad SMARTS) is 1. The minimum absolute atomic E-state index is 0.233. The summed E-state index contributed by atoms with van der Waals surface area (Å²) in [7, 11) is 1.78. The van der Waals surface area contributed by atoms with Gasteiger partial charge in [-0.2, -0.15) is 0 Å². The van der Waals surface area contributed by atoms with Gasteiger partial charge in [-0.3, -0.25) is 4.68 Å². The van der Waals surface area contributed by atoms with Gasteiger partial charge in [0, 0.05) is 7.05 Å². The molecular formula is C11H11N3O3. The third-order valence-electron chi connectivity index (χ3n) is 2.14. The quantitative estimate of drug-likeness (QED) is 0.855. The van der Waals surface area contributed by atoms with E-state index in [-0.39, 0.29) is 5.56 Å². The van der Waals surface area contributed by atoms with Gasteiger partial charge in [0.2, 0.25) is 0 Å². The molecule has 6 heteroatoms. The van der Waals surface area contributed by atoms with E-state index >= 15 is 0 Å². The predicted molar refractivity (Wildman–Crippen MR) is 58.7 cm³/mol. The molecule has 0 atom stereocenters. The molecule has 88 valence electrons. The van der Waals surface area contributed by atoms with Crippen molar-refractivity contribution in [2.45, 2.75) is 6.61 Å². The van der Waals surface area contributed by atoms with Crippen molar-refractivity contribution in [3.8, 4) is 5.75 Å². The Morgan fingerprint density at radius 1 is 1.41 bits per heavy atom. The van der Waals surface area contributed by atoms with Crippen molar-refractivity contribution in [1.82, 2.24) is 15.0 Å². The first-order valence-corrected chi connectivity index (χ1v) is 4.96. The van der Waals surface area contributed by atoms with E-state index in [0.29, 0.717) is 12.4 Å². The first-order chi connectivity index (χ1) is 8.15. The van der Waals surface area contributed by atoms with Crippen molar-refractivity contribution in [2.75, 3.05) is 0 Å². The van der Waals surface area contributed by atoms with Crippen molar-refractivity contribution in [3.05, 3.63) is 41.7 Å². The van der Waals surface area contributed by atoms with Crippen molar-refractivity contribution < 1.29 is 14.6 Å². The number of nitrogens with zero attached hydrogens (tertiary/aromatic N) is 3. The minimum atomic E-state index is -0.953. The van der Waals surface area contributed by atoms with Gasteiger partial charge in [-0.05, 0) is 24.3 Å². The Labute approximate surface area is 97.4 Å². The summed E-state index contributed by atoms with van der Waals surface area (Å²) >= 11 is 0. The van der Waals surface area contributed by atoms with Crippen LogP contribution in [0.3, 0.4) is 0 Å². The van der Waals surface area contributed by atoms with Crippen LogP contribution in [0.1, 0.15) is 16.1 Å². The summed E-state index contributed by atoms with van der Waals surface area (Å²) in [6.45, 7) is 0.306. The topological polar surface area (TPSA) is 77.2 Å². The fourth-order valence-electron chi connectivity index (χ4n) is 1.31. The number of aromatic carboxylic acids is 1. The molecule has 0 fully saturated rings. The standard InChI is InChI=1S/C11H11N3O3/c1-14-6-9(12-13-14)7-17-10-4-2-8(3-5-10)11(15)16/h2-6H,7H2,1H3,(H,15,16). The number of hydrogen-bond donors (Lipinski definition) is 1. The van der Waals surface area contributed by atoms with Crippen molar-refractivity contribution in [2.24, 2.45) is 7.05 Å². The van der Waals surface area contributed by atoms with Crippen LogP contribution in [0, 0.1) is 0 Å². The van der Waals surface area contributed by atoms with Crippen LogP contribution >= 0.6 is 0 Å². The molecule has 2 aromatic rings. The highest BCUT2D eigenvalue weighted by Gasteiger charge is 2.03. The highest BCUT2D eigenvalue weighted by Crippen LogP contribution is 2.13. The zero-order valence-corrected chi connectivity index (χ0v) is 9.20. The number of carbonyl (C=O) groups is 1. The van der Waals surface area contributed by atoms with Crippen LogP contribution < -0.4 is 4.74 Å². The molecule has 6 nitrogen and oxygen atoms in total. The van der Waals surface area contributed by atoms with Gasteiger partial charge in [-0.15, -0.1) is 5.10 Å².